The highest BCUT2D eigenvalue weighted by Crippen LogP contribution is 2.29. The molecule has 0 atom stereocenters. The number of para-hydroxylation sites is 2. The Balaban J connectivity index is 1.70. The highest BCUT2D eigenvalue weighted by atomic mass is 32.2. The number of aromatic nitrogens is 2. The van der Waals surface area contributed by atoms with Gasteiger partial charge in [-0.2, -0.15) is 0 Å². The maximum Gasteiger partial charge on any atom is 0.263 e. The largest absolute Gasteiger partial charge is 0.497 e. The summed E-state index contributed by atoms with van der Waals surface area (Å²) in [5, 5.41) is 5.69. The summed E-state index contributed by atoms with van der Waals surface area (Å²) in [6.07, 6.45) is 0. The summed E-state index contributed by atoms with van der Waals surface area (Å²) < 4.78 is 34.6. The van der Waals surface area contributed by atoms with Crippen LogP contribution in [0.2, 0.25) is 0 Å². The highest BCUT2D eigenvalue weighted by molar-refractivity contribution is 7.92. The fourth-order valence-electron chi connectivity index (χ4n) is 3.46. The SMILES string of the molecule is CNC(=O)CN(C)c1cccc(S(=O)(=O)Nc2nc3ccccc3nc2Nc2cccc(OC)c2)c1. The Hall–Kier alpha value is -4.38. The molecule has 10 nitrogen and oxygen atoms in total. The van der Waals surface area contributed by atoms with E-state index in [4.69, 9.17) is 4.74 Å². The lowest BCUT2D eigenvalue weighted by Gasteiger charge is -2.19. The number of ether oxygens (including phenoxy) is 1. The van der Waals surface area contributed by atoms with E-state index in [0.29, 0.717) is 28.2 Å². The van der Waals surface area contributed by atoms with Gasteiger partial charge in [-0.05, 0) is 42.5 Å². The van der Waals surface area contributed by atoms with Gasteiger partial charge in [-0.1, -0.05) is 24.3 Å². The van der Waals surface area contributed by atoms with Gasteiger partial charge < -0.3 is 20.3 Å². The van der Waals surface area contributed by atoms with Crippen LogP contribution in [0.25, 0.3) is 11.0 Å². The molecule has 1 heterocycles. The summed E-state index contributed by atoms with van der Waals surface area (Å²) in [6, 6.07) is 20.7. The molecule has 186 valence electrons. The van der Waals surface area contributed by atoms with E-state index in [1.807, 2.05) is 12.1 Å². The van der Waals surface area contributed by atoms with Crippen molar-refractivity contribution in [3.05, 3.63) is 72.8 Å². The maximum absolute atomic E-state index is 13.4. The third-order valence-corrected chi connectivity index (χ3v) is 6.70. The smallest absolute Gasteiger partial charge is 0.263 e. The van der Waals surface area contributed by atoms with Crippen molar-refractivity contribution in [3.8, 4) is 5.75 Å². The van der Waals surface area contributed by atoms with Crippen LogP contribution in [-0.4, -0.2) is 52.0 Å². The molecule has 4 rings (SSSR count). The molecule has 3 N–H and O–H groups in total. The summed E-state index contributed by atoms with van der Waals surface area (Å²) in [4.78, 5) is 22.5. The van der Waals surface area contributed by atoms with Crippen molar-refractivity contribution < 1.29 is 17.9 Å². The number of methoxy groups -OCH3 is 1. The second kappa shape index (κ2) is 10.5. The average molecular weight is 507 g/mol. The van der Waals surface area contributed by atoms with Gasteiger partial charge in [0.1, 0.15) is 5.75 Å². The molecular weight excluding hydrogens is 480 g/mol. The number of anilines is 4. The van der Waals surface area contributed by atoms with Crippen LogP contribution in [0, 0.1) is 0 Å². The van der Waals surface area contributed by atoms with Crippen molar-refractivity contribution >= 4 is 50.0 Å². The van der Waals surface area contributed by atoms with E-state index < -0.39 is 10.0 Å². The zero-order valence-corrected chi connectivity index (χ0v) is 20.8. The number of carbonyl (C=O) groups excluding carboxylic acids is 1. The third-order valence-electron chi connectivity index (χ3n) is 5.36. The molecule has 36 heavy (non-hydrogen) atoms. The minimum Gasteiger partial charge on any atom is -0.497 e. The Kier molecular flexibility index (Phi) is 7.20. The normalized spacial score (nSPS) is 11.1. The van der Waals surface area contributed by atoms with Gasteiger partial charge in [0.05, 0.1) is 29.6 Å². The predicted molar refractivity (Wildman–Crippen MR) is 140 cm³/mol. The Morgan fingerprint density at radius 2 is 1.64 bits per heavy atom. The molecule has 0 spiro atoms. The van der Waals surface area contributed by atoms with E-state index in [9.17, 15) is 13.2 Å². The minimum absolute atomic E-state index is 0.0195. The first-order valence-electron chi connectivity index (χ1n) is 11.0. The van der Waals surface area contributed by atoms with E-state index in [-0.39, 0.29) is 29.0 Å². The van der Waals surface area contributed by atoms with Gasteiger partial charge in [0.2, 0.25) is 5.91 Å². The number of nitrogens with zero attached hydrogens (tertiary/aromatic N) is 3. The van der Waals surface area contributed by atoms with Gasteiger partial charge in [0.25, 0.3) is 10.0 Å². The summed E-state index contributed by atoms with van der Waals surface area (Å²) in [6.45, 7) is 0.0815. The van der Waals surface area contributed by atoms with Crippen molar-refractivity contribution in [2.75, 3.05) is 42.7 Å². The van der Waals surface area contributed by atoms with Crippen LogP contribution in [0.15, 0.2) is 77.7 Å². The second-order valence-electron chi connectivity index (χ2n) is 7.90. The Morgan fingerprint density at radius 1 is 0.944 bits per heavy atom. The first-order chi connectivity index (χ1) is 17.3. The van der Waals surface area contributed by atoms with Crippen LogP contribution in [-0.2, 0) is 14.8 Å². The first-order valence-corrected chi connectivity index (χ1v) is 12.5. The van der Waals surface area contributed by atoms with E-state index in [1.165, 1.54) is 12.1 Å². The van der Waals surface area contributed by atoms with Gasteiger partial charge in [-0.25, -0.2) is 18.4 Å². The molecule has 1 amide bonds. The molecule has 0 radical (unpaired) electrons. The molecule has 3 aromatic carbocycles. The number of likely N-dealkylation sites (N-methyl/N-ethyl adjacent to an activating group) is 2. The van der Waals surface area contributed by atoms with Gasteiger partial charge >= 0.3 is 0 Å². The Labute approximate surface area is 209 Å². The number of benzene rings is 3. The molecule has 0 saturated carbocycles. The standard InChI is InChI=1S/C25H26N6O4S/c1-26-23(32)16-31(2)18-9-7-11-20(15-18)36(33,34)30-25-24(27-17-8-6-10-19(14-17)35-3)28-21-12-4-5-13-22(21)29-25/h4-15H,16H2,1-3H3,(H,26,32)(H,27,28)(H,29,30). The molecule has 0 aliphatic carbocycles. The number of hydrogen-bond acceptors (Lipinski definition) is 8. The summed E-state index contributed by atoms with van der Waals surface area (Å²) >= 11 is 0. The molecule has 0 bridgehead atoms. The molecule has 11 heteroatoms. The molecule has 0 aliphatic rings. The first kappa shape index (κ1) is 24.7. The highest BCUT2D eigenvalue weighted by Gasteiger charge is 2.20. The van der Waals surface area contributed by atoms with Crippen LogP contribution in [0.4, 0.5) is 23.0 Å². The average Bonchev–Trinajstić information content (AvgIpc) is 2.89. The van der Waals surface area contributed by atoms with Gasteiger partial charge in [0, 0.05) is 31.5 Å². The van der Waals surface area contributed by atoms with Crippen LogP contribution >= 0.6 is 0 Å². The Morgan fingerprint density at radius 3 is 2.33 bits per heavy atom. The minimum atomic E-state index is -4.04. The number of fused-ring (bicyclic) bond motifs is 1. The van der Waals surface area contributed by atoms with Crippen molar-refractivity contribution in [2.45, 2.75) is 4.90 Å². The molecule has 1 aromatic heterocycles. The van der Waals surface area contributed by atoms with E-state index in [2.05, 4.69) is 25.3 Å². The molecule has 0 fully saturated rings. The fraction of sp³-hybridized carbons (Fsp3) is 0.160. The van der Waals surface area contributed by atoms with E-state index >= 15 is 0 Å². The predicted octanol–water partition coefficient (Wildman–Crippen LogP) is 3.37. The van der Waals surface area contributed by atoms with Gasteiger partial charge in [-0.3, -0.25) is 9.52 Å². The zero-order valence-electron chi connectivity index (χ0n) is 20.0. The number of sulfonamides is 1. The number of carbonyl (C=O) groups is 1. The molecule has 0 unspecified atom stereocenters. The van der Waals surface area contributed by atoms with Gasteiger partial charge in [-0.15, -0.1) is 0 Å². The number of nitrogens with one attached hydrogen (secondary N) is 3. The van der Waals surface area contributed by atoms with Crippen molar-refractivity contribution in [1.29, 1.82) is 0 Å². The van der Waals surface area contributed by atoms with E-state index in [1.54, 1.807) is 74.6 Å². The molecule has 0 aliphatic heterocycles. The number of rotatable bonds is 9. The Bertz CT molecular complexity index is 1510. The molecule has 0 saturated heterocycles. The van der Waals surface area contributed by atoms with Crippen molar-refractivity contribution in [2.24, 2.45) is 0 Å². The fourth-order valence-corrected chi connectivity index (χ4v) is 4.50. The van der Waals surface area contributed by atoms with Crippen LogP contribution in [0.3, 0.4) is 0 Å². The maximum atomic E-state index is 13.4. The third kappa shape index (κ3) is 5.63. The molecule has 4 aromatic rings. The number of hydrogen-bond donors (Lipinski definition) is 3. The van der Waals surface area contributed by atoms with Crippen LogP contribution in [0.1, 0.15) is 0 Å². The monoisotopic (exact) mass is 506 g/mol. The lowest BCUT2D eigenvalue weighted by molar-refractivity contribution is -0.119. The summed E-state index contributed by atoms with van der Waals surface area (Å²) in [5.74, 6) is 0.719. The van der Waals surface area contributed by atoms with Crippen LogP contribution in [0.5, 0.6) is 5.75 Å². The zero-order chi connectivity index (χ0) is 25.7. The van der Waals surface area contributed by atoms with E-state index in [0.717, 1.165) is 0 Å². The summed E-state index contributed by atoms with van der Waals surface area (Å²) in [7, 11) is 0.772. The topological polar surface area (TPSA) is 126 Å². The van der Waals surface area contributed by atoms with Crippen LogP contribution < -0.4 is 25.0 Å². The van der Waals surface area contributed by atoms with Crippen molar-refractivity contribution in [1.82, 2.24) is 15.3 Å². The quantitative estimate of drug-likeness (QED) is 0.316. The number of amides is 1. The lowest BCUT2D eigenvalue weighted by Crippen LogP contribution is -2.33. The summed E-state index contributed by atoms with van der Waals surface area (Å²) in [5.41, 5.74) is 2.35. The lowest BCUT2D eigenvalue weighted by atomic mass is 10.3. The van der Waals surface area contributed by atoms with Crippen molar-refractivity contribution in [3.63, 3.8) is 0 Å². The second-order valence-corrected chi connectivity index (χ2v) is 9.58. The molecular formula is C25H26N6O4S. The van der Waals surface area contributed by atoms with Gasteiger partial charge in [0.15, 0.2) is 11.6 Å².